The van der Waals surface area contributed by atoms with Crippen molar-refractivity contribution in [3.8, 4) is 11.5 Å². The number of ether oxygens (including phenoxy) is 2. The molecular weight excluding hydrogens is 416 g/mol. The summed E-state index contributed by atoms with van der Waals surface area (Å²) < 4.78 is 11.7. The Morgan fingerprint density at radius 1 is 1.15 bits per heavy atom. The second-order valence-electron chi connectivity index (χ2n) is 9.26. The summed E-state index contributed by atoms with van der Waals surface area (Å²) in [6, 6.07) is 11.5. The van der Waals surface area contributed by atoms with E-state index >= 15 is 0 Å². The predicted octanol–water partition coefficient (Wildman–Crippen LogP) is 2.86. The number of nitrogens with one attached hydrogen (secondary N) is 1. The summed E-state index contributed by atoms with van der Waals surface area (Å²) in [6.07, 6.45) is 2.51. The van der Waals surface area contributed by atoms with Crippen LogP contribution in [0.1, 0.15) is 52.0 Å². The quantitative estimate of drug-likeness (QED) is 0.598. The van der Waals surface area contributed by atoms with Gasteiger partial charge in [-0.3, -0.25) is 4.90 Å². The Morgan fingerprint density at radius 3 is 2.82 bits per heavy atom. The number of piperidine rings is 1. The Labute approximate surface area is 194 Å². The van der Waals surface area contributed by atoms with Gasteiger partial charge in [0.15, 0.2) is 17.3 Å². The number of hydrogen-bond donors (Lipinski definition) is 2. The highest BCUT2D eigenvalue weighted by Crippen LogP contribution is 2.44. The zero-order chi connectivity index (χ0) is 22.9. The standard InChI is InChI=1S/C25H32N6O2/c1-15-4-5-16(2)18(10-15)20-14-31-8-6-17-11-24(33-9-7-25-27-29-30-28-25)23(32-3)12-19(17)22(31)13-21(20)26/h4-5,10-12,20-22H,6-9,13-14,26H2,1-3H3,(H,27,28,29,30)/t20-,21-,22+/m0/s1. The van der Waals surface area contributed by atoms with Crippen molar-refractivity contribution in [3.05, 3.63) is 64.0 Å². The molecule has 0 saturated carbocycles. The van der Waals surface area contributed by atoms with Gasteiger partial charge in [-0.05, 0) is 61.1 Å². The number of nitrogens with two attached hydrogens (primary N) is 1. The summed E-state index contributed by atoms with van der Waals surface area (Å²) in [7, 11) is 1.69. The molecule has 8 nitrogen and oxygen atoms in total. The molecular formula is C25H32N6O2. The molecule has 8 heteroatoms. The van der Waals surface area contributed by atoms with Gasteiger partial charge in [-0.15, -0.1) is 10.2 Å². The zero-order valence-electron chi connectivity index (χ0n) is 19.5. The molecule has 3 heterocycles. The van der Waals surface area contributed by atoms with Gasteiger partial charge in [-0.25, -0.2) is 0 Å². The highest BCUT2D eigenvalue weighted by Gasteiger charge is 2.39. The normalized spacial score (nSPS) is 22.5. The Bertz CT molecular complexity index is 1120. The Kier molecular flexibility index (Phi) is 6.03. The molecule has 3 N–H and O–H groups in total. The fourth-order valence-corrected chi connectivity index (χ4v) is 5.37. The number of rotatable bonds is 6. The molecule has 1 fully saturated rings. The van der Waals surface area contributed by atoms with Gasteiger partial charge in [0.25, 0.3) is 0 Å². The summed E-state index contributed by atoms with van der Waals surface area (Å²) in [4.78, 5) is 2.61. The van der Waals surface area contributed by atoms with Crippen molar-refractivity contribution < 1.29 is 9.47 Å². The first-order valence-electron chi connectivity index (χ1n) is 11.7. The number of hydrogen-bond acceptors (Lipinski definition) is 7. The van der Waals surface area contributed by atoms with Crippen molar-refractivity contribution in [1.29, 1.82) is 0 Å². The number of fused-ring (bicyclic) bond motifs is 3. The fraction of sp³-hybridized carbons (Fsp3) is 0.480. The van der Waals surface area contributed by atoms with Crippen LogP contribution in [0, 0.1) is 13.8 Å². The largest absolute Gasteiger partial charge is 0.493 e. The Balaban J connectivity index is 1.35. The first-order chi connectivity index (χ1) is 16.0. The maximum absolute atomic E-state index is 6.80. The zero-order valence-corrected chi connectivity index (χ0v) is 19.5. The minimum absolute atomic E-state index is 0.120. The van der Waals surface area contributed by atoms with E-state index in [1.54, 1.807) is 7.11 Å². The SMILES string of the molecule is COc1cc2c(cc1OCCc1nn[nH]n1)CCN1C[C@@H](c3cc(C)ccc3C)[C@@H](N)C[C@H]21. The smallest absolute Gasteiger partial charge is 0.177 e. The molecule has 5 rings (SSSR count). The molecule has 2 aliphatic heterocycles. The van der Waals surface area contributed by atoms with E-state index in [1.807, 2.05) is 0 Å². The second-order valence-corrected chi connectivity index (χ2v) is 9.26. The van der Waals surface area contributed by atoms with Crippen LogP contribution in [0.25, 0.3) is 0 Å². The maximum Gasteiger partial charge on any atom is 0.177 e. The molecule has 0 spiro atoms. The molecule has 0 bridgehead atoms. The average Bonchev–Trinajstić information content (AvgIpc) is 3.33. The van der Waals surface area contributed by atoms with Crippen LogP contribution >= 0.6 is 0 Å². The Morgan fingerprint density at radius 2 is 2.03 bits per heavy atom. The summed E-state index contributed by atoms with van der Waals surface area (Å²) in [5, 5.41) is 14.0. The molecule has 0 amide bonds. The van der Waals surface area contributed by atoms with Crippen molar-refractivity contribution in [2.45, 2.75) is 51.1 Å². The van der Waals surface area contributed by atoms with E-state index in [-0.39, 0.29) is 6.04 Å². The van der Waals surface area contributed by atoms with E-state index in [4.69, 9.17) is 15.2 Å². The van der Waals surface area contributed by atoms with Gasteiger partial charge in [0.2, 0.25) is 0 Å². The monoisotopic (exact) mass is 448 g/mol. The number of tetrazole rings is 1. The molecule has 2 aliphatic rings. The minimum atomic E-state index is 0.120. The van der Waals surface area contributed by atoms with Crippen molar-refractivity contribution >= 4 is 0 Å². The third-order valence-corrected chi connectivity index (χ3v) is 7.14. The van der Waals surface area contributed by atoms with E-state index in [0.29, 0.717) is 30.8 Å². The van der Waals surface area contributed by atoms with E-state index in [9.17, 15) is 0 Å². The van der Waals surface area contributed by atoms with Crippen molar-refractivity contribution in [2.24, 2.45) is 5.73 Å². The summed E-state index contributed by atoms with van der Waals surface area (Å²) in [5.74, 6) is 2.52. The van der Waals surface area contributed by atoms with Crippen LogP contribution in [0.2, 0.25) is 0 Å². The second kappa shape index (κ2) is 9.11. The number of nitrogens with zero attached hydrogens (tertiary/aromatic N) is 4. The first-order valence-corrected chi connectivity index (χ1v) is 11.7. The molecule has 3 atom stereocenters. The summed E-state index contributed by atoms with van der Waals surface area (Å²) >= 11 is 0. The van der Waals surface area contributed by atoms with Gasteiger partial charge in [0.05, 0.1) is 13.7 Å². The topological polar surface area (TPSA) is 102 Å². The molecule has 0 radical (unpaired) electrons. The van der Waals surface area contributed by atoms with Gasteiger partial charge in [-0.1, -0.05) is 29.0 Å². The number of aryl methyl sites for hydroxylation is 2. The molecule has 3 aromatic rings. The van der Waals surface area contributed by atoms with E-state index in [0.717, 1.165) is 37.4 Å². The number of aromatic nitrogens is 4. The highest BCUT2D eigenvalue weighted by molar-refractivity contribution is 5.50. The molecule has 33 heavy (non-hydrogen) atoms. The number of benzene rings is 2. The van der Waals surface area contributed by atoms with Gasteiger partial charge in [0, 0.05) is 37.5 Å². The van der Waals surface area contributed by atoms with E-state index < -0.39 is 0 Å². The molecule has 0 aliphatic carbocycles. The van der Waals surface area contributed by atoms with Crippen LogP contribution in [0.3, 0.4) is 0 Å². The van der Waals surface area contributed by atoms with Crippen LogP contribution in [-0.4, -0.2) is 58.4 Å². The number of H-pyrrole nitrogens is 1. The molecule has 174 valence electrons. The maximum atomic E-state index is 6.80. The minimum Gasteiger partial charge on any atom is -0.493 e. The number of aromatic amines is 1. The van der Waals surface area contributed by atoms with Crippen LogP contribution in [0.5, 0.6) is 11.5 Å². The van der Waals surface area contributed by atoms with Crippen LogP contribution in [0.4, 0.5) is 0 Å². The lowest BCUT2D eigenvalue weighted by atomic mass is 9.77. The van der Waals surface area contributed by atoms with Gasteiger partial charge < -0.3 is 15.2 Å². The van der Waals surface area contributed by atoms with Crippen LogP contribution in [-0.2, 0) is 12.8 Å². The van der Waals surface area contributed by atoms with Crippen LogP contribution < -0.4 is 15.2 Å². The lowest BCUT2D eigenvalue weighted by Crippen LogP contribution is -2.49. The predicted molar refractivity (Wildman–Crippen MR) is 126 cm³/mol. The van der Waals surface area contributed by atoms with E-state index in [1.165, 1.54) is 27.8 Å². The lowest BCUT2D eigenvalue weighted by Gasteiger charge is -2.46. The number of methoxy groups -OCH3 is 1. The van der Waals surface area contributed by atoms with Crippen LogP contribution in [0.15, 0.2) is 30.3 Å². The summed E-state index contributed by atoms with van der Waals surface area (Å²) in [5.41, 5.74) is 13.5. The molecule has 0 unspecified atom stereocenters. The fourth-order valence-electron chi connectivity index (χ4n) is 5.37. The first kappa shape index (κ1) is 21.9. The molecule has 1 aromatic heterocycles. The van der Waals surface area contributed by atoms with E-state index in [2.05, 4.69) is 69.7 Å². The van der Waals surface area contributed by atoms with Crippen molar-refractivity contribution in [2.75, 3.05) is 26.8 Å². The third kappa shape index (κ3) is 4.32. The highest BCUT2D eigenvalue weighted by atomic mass is 16.5. The average molecular weight is 449 g/mol. The van der Waals surface area contributed by atoms with Crippen molar-refractivity contribution in [1.82, 2.24) is 25.5 Å². The van der Waals surface area contributed by atoms with Gasteiger partial charge >= 0.3 is 0 Å². The molecule has 2 aromatic carbocycles. The van der Waals surface area contributed by atoms with Gasteiger partial charge in [0.1, 0.15) is 0 Å². The van der Waals surface area contributed by atoms with Gasteiger partial charge in [-0.2, -0.15) is 5.21 Å². The summed E-state index contributed by atoms with van der Waals surface area (Å²) in [6.45, 7) is 6.84. The molecule has 1 saturated heterocycles. The Hall–Kier alpha value is -2.97. The third-order valence-electron chi connectivity index (χ3n) is 7.14. The van der Waals surface area contributed by atoms with Crippen molar-refractivity contribution in [3.63, 3.8) is 0 Å². The lowest BCUT2D eigenvalue weighted by molar-refractivity contribution is 0.109.